The molecule has 0 unspecified atom stereocenters. The van der Waals surface area contributed by atoms with Crippen LogP contribution in [-0.2, 0) is 0 Å². The van der Waals surface area contributed by atoms with Crippen molar-refractivity contribution in [1.29, 1.82) is 0 Å². The van der Waals surface area contributed by atoms with Crippen LogP contribution in [0.15, 0.2) is 24.9 Å². The summed E-state index contributed by atoms with van der Waals surface area (Å²) in [6, 6.07) is 1.88. The summed E-state index contributed by atoms with van der Waals surface area (Å²) in [6.45, 7) is 13.1. The van der Waals surface area contributed by atoms with E-state index in [0.29, 0.717) is 0 Å². The van der Waals surface area contributed by atoms with E-state index >= 15 is 0 Å². The maximum atomic E-state index is 4.06. The average Bonchev–Trinajstić information content (AvgIpc) is 2.08. The van der Waals surface area contributed by atoms with Gasteiger partial charge in [0.15, 0.2) is 0 Å². The van der Waals surface area contributed by atoms with Gasteiger partial charge in [0, 0.05) is 11.9 Å². The Kier molecular flexibility index (Phi) is 11.9. The van der Waals surface area contributed by atoms with Gasteiger partial charge in [-0.3, -0.25) is 0 Å². The second-order valence-corrected chi connectivity index (χ2v) is 2.15. The summed E-state index contributed by atoms with van der Waals surface area (Å²) in [5, 5.41) is 0. The molecular formula is C11H20N2. The molecule has 2 heteroatoms. The number of aryl methyl sites for hydroxylation is 2. The molecule has 0 bridgehead atoms. The van der Waals surface area contributed by atoms with Crippen molar-refractivity contribution < 1.29 is 0 Å². The van der Waals surface area contributed by atoms with Crippen LogP contribution < -0.4 is 0 Å². The zero-order valence-corrected chi connectivity index (χ0v) is 9.33. The van der Waals surface area contributed by atoms with Gasteiger partial charge in [0.05, 0.1) is 0 Å². The summed E-state index contributed by atoms with van der Waals surface area (Å²) in [5.41, 5.74) is 1.03. The number of hydrogen-bond acceptors (Lipinski definition) is 2. The number of hydrogen-bond donors (Lipinski definition) is 0. The highest BCUT2D eigenvalue weighted by molar-refractivity contribution is 4.97. The van der Waals surface area contributed by atoms with Gasteiger partial charge < -0.3 is 0 Å². The van der Waals surface area contributed by atoms with E-state index < -0.39 is 0 Å². The summed E-state index contributed by atoms with van der Waals surface area (Å²) < 4.78 is 0. The second-order valence-electron chi connectivity index (χ2n) is 2.15. The van der Waals surface area contributed by atoms with Gasteiger partial charge in [0.1, 0.15) is 5.82 Å². The van der Waals surface area contributed by atoms with Crippen LogP contribution >= 0.6 is 0 Å². The quantitative estimate of drug-likeness (QED) is 0.572. The highest BCUT2D eigenvalue weighted by atomic mass is 14.9. The smallest absolute Gasteiger partial charge is 0.125 e. The third-order valence-corrected chi connectivity index (χ3v) is 0.915. The van der Waals surface area contributed by atoms with Gasteiger partial charge >= 0.3 is 0 Å². The van der Waals surface area contributed by atoms with Crippen LogP contribution in [0.1, 0.15) is 32.3 Å². The monoisotopic (exact) mass is 180 g/mol. The highest BCUT2D eigenvalue weighted by Crippen LogP contribution is 1.88. The fourth-order valence-electron chi connectivity index (χ4n) is 0.574. The van der Waals surface area contributed by atoms with Gasteiger partial charge in [-0.1, -0.05) is 19.9 Å². The molecule has 0 saturated carbocycles. The largest absolute Gasteiger partial charge is 0.242 e. The highest BCUT2D eigenvalue weighted by Gasteiger charge is 1.83. The lowest BCUT2D eigenvalue weighted by Gasteiger charge is -1.89. The van der Waals surface area contributed by atoms with Crippen LogP contribution in [-0.4, -0.2) is 9.97 Å². The van der Waals surface area contributed by atoms with E-state index in [2.05, 4.69) is 16.5 Å². The first-order chi connectivity index (χ1) is 6.20. The van der Waals surface area contributed by atoms with Crippen LogP contribution in [0.25, 0.3) is 0 Å². The molecule has 74 valence electrons. The van der Waals surface area contributed by atoms with E-state index in [-0.39, 0.29) is 0 Å². The van der Waals surface area contributed by atoms with Crippen molar-refractivity contribution in [2.45, 2.75) is 34.6 Å². The number of aromatic nitrogens is 2. The molecule has 0 aliphatic rings. The normalized spacial score (nSPS) is 7.15. The molecule has 13 heavy (non-hydrogen) atoms. The summed E-state index contributed by atoms with van der Waals surface area (Å²) in [4.78, 5) is 7.99. The minimum absolute atomic E-state index is 0.838. The summed E-state index contributed by atoms with van der Waals surface area (Å²) >= 11 is 0. The molecule has 1 aromatic rings. The van der Waals surface area contributed by atoms with Crippen LogP contribution in [0.2, 0.25) is 0 Å². The third kappa shape index (κ3) is 10.8. The Morgan fingerprint density at radius 3 is 2.00 bits per heavy atom. The summed E-state index contributed by atoms with van der Waals surface area (Å²) in [6.07, 6.45) is 3.51. The number of nitrogens with zero attached hydrogens (tertiary/aromatic N) is 2. The van der Waals surface area contributed by atoms with E-state index in [1.165, 1.54) is 0 Å². The van der Waals surface area contributed by atoms with Crippen molar-refractivity contribution in [3.63, 3.8) is 0 Å². The van der Waals surface area contributed by atoms with Crippen LogP contribution in [0, 0.1) is 13.8 Å². The van der Waals surface area contributed by atoms with E-state index in [0.717, 1.165) is 11.5 Å². The molecule has 1 aromatic heterocycles. The Morgan fingerprint density at radius 2 is 1.77 bits per heavy atom. The lowest BCUT2D eigenvalue weighted by molar-refractivity contribution is 1.01. The SMILES string of the molecule is C=CC.CC.Cc1ccnc(C)n1. The molecule has 2 nitrogen and oxygen atoms in total. The molecule has 0 atom stereocenters. The van der Waals surface area contributed by atoms with E-state index in [4.69, 9.17) is 0 Å². The summed E-state index contributed by atoms with van der Waals surface area (Å²) in [5.74, 6) is 0.838. The maximum absolute atomic E-state index is 4.06. The average molecular weight is 180 g/mol. The lowest BCUT2D eigenvalue weighted by atomic mass is 10.4. The first kappa shape index (κ1) is 14.3. The number of rotatable bonds is 0. The Balaban J connectivity index is 0. The molecule has 0 radical (unpaired) electrons. The molecule has 0 aliphatic carbocycles. The zero-order valence-electron chi connectivity index (χ0n) is 9.33. The maximum Gasteiger partial charge on any atom is 0.125 e. The fourth-order valence-corrected chi connectivity index (χ4v) is 0.574. The second kappa shape index (κ2) is 10.8. The molecular weight excluding hydrogens is 160 g/mol. The van der Waals surface area contributed by atoms with Crippen LogP contribution in [0.4, 0.5) is 0 Å². The molecule has 1 heterocycles. The zero-order chi connectivity index (χ0) is 10.7. The van der Waals surface area contributed by atoms with Crippen molar-refractivity contribution in [3.05, 3.63) is 36.4 Å². The minimum atomic E-state index is 0.838. The van der Waals surface area contributed by atoms with Crippen molar-refractivity contribution >= 4 is 0 Å². The van der Waals surface area contributed by atoms with Gasteiger partial charge in [-0.25, -0.2) is 9.97 Å². The Bertz CT molecular complexity index is 202. The lowest BCUT2D eigenvalue weighted by Crippen LogP contribution is -1.86. The first-order valence-corrected chi connectivity index (χ1v) is 4.54. The summed E-state index contributed by atoms with van der Waals surface area (Å²) in [7, 11) is 0. The Hall–Kier alpha value is -1.18. The Labute approximate surface area is 81.7 Å². The topological polar surface area (TPSA) is 25.8 Å². The first-order valence-electron chi connectivity index (χ1n) is 4.54. The predicted octanol–water partition coefficient (Wildman–Crippen LogP) is 3.31. The van der Waals surface area contributed by atoms with Crippen molar-refractivity contribution in [2.75, 3.05) is 0 Å². The molecule has 0 fully saturated rings. The van der Waals surface area contributed by atoms with Crippen molar-refractivity contribution in [3.8, 4) is 0 Å². The molecule has 0 N–H and O–H groups in total. The molecule has 0 spiro atoms. The molecule has 0 aliphatic heterocycles. The van der Waals surface area contributed by atoms with Gasteiger partial charge in [0.25, 0.3) is 0 Å². The molecule has 0 aromatic carbocycles. The molecule has 0 amide bonds. The number of allylic oxidation sites excluding steroid dienone is 1. The van der Waals surface area contributed by atoms with Gasteiger partial charge in [-0.05, 0) is 26.8 Å². The Morgan fingerprint density at radius 1 is 1.31 bits per heavy atom. The molecule has 1 rings (SSSR count). The van der Waals surface area contributed by atoms with Gasteiger partial charge in [0.2, 0.25) is 0 Å². The standard InChI is InChI=1S/C6H8N2.C3H6.C2H6/c1-5-3-4-7-6(2)8-5;1-3-2;1-2/h3-4H,1-2H3;3H,1H2,2H3;1-2H3. The van der Waals surface area contributed by atoms with E-state index in [1.807, 2.05) is 40.7 Å². The minimum Gasteiger partial charge on any atom is -0.242 e. The predicted molar refractivity (Wildman–Crippen MR) is 58.7 cm³/mol. The molecule has 0 saturated heterocycles. The van der Waals surface area contributed by atoms with Crippen LogP contribution in [0.3, 0.4) is 0 Å². The van der Waals surface area contributed by atoms with E-state index in [9.17, 15) is 0 Å². The van der Waals surface area contributed by atoms with Crippen molar-refractivity contribution in [1.82, 2.24) is 9.97 Å². The van der Waals surface area contributed by atoms with Crippen LogP contribution in [0.5, 0.6) is 0 Å². The van der Waals surface area contributed by atoms with Crippen molar-refractivity contribution in [2.24, 2.45) is 0 Å². The van der Waals surface area contributed by atoms with E-state index in [1.54, 1.807) is 12.3 Å². The fraction of sp³-hybridized carbons (Fsp3) is 0.455. The van der Waals surface area contributed by atoms with Gasteiger partial charge in [-0.2, -0.15) is 0 Å². The van der Waals surface area contributed by atoms with Gasteiger partial charge in [-0.15, -0.1) is 6.58 Å². The third-order valence-electron chi connectivity index (χ3n) is 0.915.